The van der Waals surface area contributed by atoms with Gasteiger partial charge in [0.1, 0.15) is 17.9 Å². The first-order valence-electron chi connectivity index (χ1n) is 8.82. The molecule has 0 amide bonds. The minimum atomic E-state index is 0.492. The highest BCUT2D eigenvalue weighted by Gasteiger charge is 2.14. The van der Waals surface area contributed by atoms with Crippen LogP contribution in [0.15, 0.2) is 72.8 Å². The molecule has 0 aliphatic carbocycles. The maximum absolute atomic E-state index is 6.19. The van der Waals surface area contributed by atoms with Crippen LogP contribution in [0.4, 0.5) is 0 Å². The van der Waals surface area contributed by atoms with E-state index in [1.807, 2.05) is 60.7 Å². The van der Waals surface area contributed by atoms with E-state index in [-0.39, 0.29) is 0 Å². The fraction of sp³-hybridized carbons (Fsp3) is 0.0909. The number of ether oxygens (including phenoxy) is 1. The summed E-state index contributed by atoms with van der Waals surface area (Å²) in [6.07, 6.45) is 0. The van der Waals surface area contributed by atoms with Gasteiger partial charge in [-0.3, -0.25) is 0 Å². The summed E-state index contributed by atoms with van der Waals surface area (Å²) in [5.41, 5.74) is 4.69. The van der Waals surface area contributed by atoms with Gasteiger partial charge in [-0.05, 0) is 30.3 Å². The molecule has 0 bridgehead atoms. The van der Waals surface area contributed by atoms with Gasteiger partial charge >= 0.3 is 0 Å². The Bertz CT molecular complexity index is 1280. The van der Waals surface area contributed by atoms with Gasteiger partial charge in [-0.25, -0.2) is 9.97 Å². The third kappa shape index (κ3) is 2.78. The van der Waals surface area contributed by atoms with Crippen molar-refractivity contribution in [3.05, 3.63) is 77.8 Å². The van der Waals surface area contributed by atoms with Gasteiger partial charge in [0.05, 0.1) is 28.1 Å². The van der Waals surface area contributed by atoms with Crippen LogP contribution in [0.25, 0.3) is 33.1 Å². The predicted octanol–water partition coefficient (Wildman–Crippen LogP) is 5.47. The van der Waals surface area contributed by atoms with Gasteiger partial charge in [-0.15, -0.1) is 0 Å². The molecule has 0 spiro atoms. The second-order valence-electron chi connectivity index (χ2n) is 6.33. The highest BCUT2D eigenvalue weighted by molar-refractivity contribution is 6.32. The predicted molar refractivity (Wildman–Crippen MR) is 109 cm³/mol. The lowest BCUT2D eigenvalue weighted by molar-refractivity contribution is 0.302. The Kier molecular flexibility index (Phi) is 3.91. The van der Waals surface area contributed by atoms with Crippen molar-refractivity contribution in [1.29, 1.82) is 0 Å². The summed E-state index contributed by atoms with van der Waals surface area (Å²) < 4.78 is 8.06. The summed E-state index contributed by atoms with van der Waals surface area (Å²) in [5.74, 6) is 0.691. The number of hydrogen-bond donors (Lipinski definition) is 0. The zero-order valence-electron chi connectivity index (χ0n) is 14.5. The van der Waals surface area contributed by atoms with Crippen LogP contribution < -0.4 is 4.74 Å². The van der Waals surface area contributed by atoms with Crippen molar-refractivity contribution < 1.29 is 4.74 Å². The van der Waals surface area contributed by atoms with Crippen LogP contribution in [-0.2, 0) is 6.54 Å². The molecule has 4 nitrogen and oxygen atoms in total. The highest BCUT2D eigenvalue weighted by atomic mass is 35.5. The number of benzene rings is 3. The topological polar surface area (TPSA) is 39.9 Å². The second kappa shape index (κ2) is 6.56. The fourth-order valence-corrected chi connectivity index (χ4v) is 3.61. The molecule has 3 aromatic carbocycles. The number of fused-ring (bicyclic) bond motifs is 4. The van der Waals surface area contributed by atoms with Crippen molar-refractivity contribution in [3.8, 4) is 5.75 Å². The van der Waals surface area contributed by atoms with Gasteiger partial charge in [0.2, 0.25) is 0 Å². The first kappa shape index (κ1) is 16.1. The molecule has 5 rings (SSSR count). The van der Waals surface area contributed by atoms with Crippen molar-refractivity contribution in [2.24, 2.45) is 0 Å². The van der Waals surface area contributed by atoms with Crippen molar-refractivity contribution in [3.63, 3.8) is 0 Å². The van der Waals surface area contributed by atoms with Crippen molar-refractivity contribution in [1.82, 2.24) is 14.5 Å². The van der Waals surface area contributed by atoms with E-state index in [2.05, 4.69) is 16.7 Å². The summed E-state index contributed by atoms with van der Waals surface area (Å²) >= 11 is 6.19. The summed E-state index contributed by atoms with van der Waals surface area (Å²) in [4.78, 5) is 9.74. The molecular weight excluding hydrogens is 358 g/mol. The molecular formula is C22H16ClN3O. The van der Waals surface area contributed by atoms with Crippen LogP contribution in [0, 0.1) is 0 Å². The molecule has 0 saturated carbocycles. The highest BCUT2D eigenvalue weighted by Crippen LogP contribution is 2.28. The Morgan fingerprint density at radius 2 is 1.52 bits per heavy atom. The number of rotatable bonds is 4. The minimum Gasteiger partial charge on any atom is -0.490 e. The lowest BCUT2D eigenvalue weighted by Crippen LogP contribution is -2.09. The summed E-state index contributed by atoms with van der Waals surface area (Å²) in [7, 11) is 0. The van der Waals surface area contributed by atoms with E-state index in [1.54, 1.807) is 0 Å². The summed E-state index contributed by atoms with van der Waals surface area (Å²) in [6, 6.07) is 23.7. The van der Waals surface area contributed by atoms with Gasteiger partial charge in [0.15, 0.2) is 5.65 Å². The molecule has 0 radical (unpaired) electrons. The van der Waals surface area contributed by atoms with E-state index < -0.39 is 0 Å². The SMILES string of the molecule is Clc1ccccc1OCCn1c2ccccc2c2nc3ccccc3nc21. The average molecular weight is 374 g/mol. The molecule has 0 saturated heterocycles. The zero-order chi connectivity index (χ0) is 18.2. The van der Waals surface area contributed by atoms with Gasteiger partial charge < -0.3 is 9.30 Å². The zero-order valence-corrected chi connectivity index (χ0v) is 15.2. The first-order valence-corrected chi connectivity index (χ1v) is 9.20. The monoisotopic (exact) mass is 373 g/mol. The fourth-order valence-electron chi connectivity index (χ4n) is 3.42. The molecule has 0 fully saturated rings. The normalized spacial score (nSPS) is 11.4. The van der Waals surface area contributed by atoms with Crippen LogP contribution in [0.2, 0.25) is 5.02 Å². The largest absolute Gasteiger partial charge is 0.490 e. The van der Waals surface area contributed by atoms with Gasteiger partial charge in [0, 0.05) is 5.39 Å². The molecule has 0 unspecified atom stereocenters. The number of para-hydroxylation sites is 4. The van der Waals surface area contributed by atoms with E-state index in [1.165, 1.54) is 0 Å². The average Bonchev–Trinajstić information content (AvgIpc) is 3.01. The van der Waals surface area contributed by atoms with Crippen molar-refractivity contribution in [2.45, 2.75) is 6.54 Å². The van der Waals surface area contributed by atoms with Crippen molar-refractivity contribution >= 4 is 44.7 Å². The molecule has 0 aliphatic rings. The van der Waals surface area contributed by atoms with E-state index in [0.717, 1.165) is 33.1 Å². The third-order valence-corrected chi connectivity index (χ3v) is 4.98. The quantitative estimate of drug-likeness (QED) is 0.419. The molecule has 5 aromatic rings. The Morgan fingerprint density at radius 3 is 2.37 bits per heavy atom. The molecule has 27 heavy (non-hydrogen) atoms. The molecule has 5 heteroatoms. The summed E-state index contributed by atoms with van der Waals surface area (Å²) in [5, 5.41) is 1.72. The Hall–Kier alpha value is -3.11. The molecule has 0 aliphatic heterocycles. The lowest BCUT2D eigenvalue weighted by atomic mass is 10.2. The van der Waals surface area contributed by atoms with Crippen LogP contribution in [-0.4, -0.2) is 21.1 Å². The Balaban J connectivity index is 1.59. The van der Waals surface area contributed by atoms with Gasteiger partial charge in [-0.1, -0.05) is 54.1 Å². The van der Waals surface area contributed by atoms with E-state index in [9.17, 15) is 0 Å². The van der Waals surface area contributed by atoms with Crippen LogP contribution >= 0.6 is 11.6 Å². The minimum absolute atomic E-state index is 0.492. The Labute approximate surface area is 161 Å². The first-order chi connectivity index (χ1) is 13.3. The third-order valence-electron chi connectivity index (χ3n) is 4.67. The van der Waals surface area contributed by atoms with E-state index >= 15 is 0 Å². The standard InChI is InChI=1S/C22H16ClN3O/c23-16-8-2-6-12-20(16)27-14-13-26-19-11-5-1-7-15(19)21-22(26)25-18-10-4-3-9-17(18)24-21/h1-12H,13-14H2. The van der Waals surface area contributed by atoms with Crippen LogP contribution in [0.1, 0.15) is 0 Å². The molecule has 0 N–H and O–H groups in total. The smallest absolute Gasteiger partial charge is 0.160 e. The molecule has 2 aromatic heterocycles. The number of hydrogen-bond acceptors (Lipinski definition) is 3. The molecule has 0 atom stereocenters. The van der Waals surface area contributed by atoms with Crippen LogP contribution in [0.5, 0.6) is 5.75 Å². The van der Waals surface area contributed by atoms with Crippen LogP contribution in [0.3, 0.4) is 0 Å². The second-order valence-corrected chi connectivity index (χ2v) is 6.74. The maximum atomic E-state index is 6.19. The van der Waals surface area contributed by atoms with Crippen molar-refractivity contribution in [2.75, 3.05) is 6.61 Å². The summed E-state index contributed by atoms with van der Waals surface area (Å²) in [6.45, 7) is 1.15. The number of aromatic nitrogens is 3. The molecule has 2 heterocycles. The number of nitrogens with zero attached hydrogens (tertiary/aromatic N) is 3. The van der Waals surface area contributed by atoms with Gasteiger partial charge in [-0.2, -0.15) is 0 Å². The van der Waals surface area contributed by atoms with E-state index in [4.69, 9.17) is 26.3 Å². The van der Waals surface area contributed by atoms with Gasteiger partial charge in [0.25, 0.3) is 0 Å². The molecule has 132 valence electrons. The maximum Gasteiger partial charge on any atom is 0.160 e. The lowest BCUT2D eigenvalue weighted by Gasteiger charge is -2.10. The van der Waals surface area contributed by atoms with E-state index in [0.29, 0.717) is 23.9 Å². The number of halogens is 1. The Morgan fingerprint density at radius 1 is 0.815 bits per heavy atom.